The lowest BCUT2D eigenvalue weighted by Crippen LogP contribution is -2.35. The molecule has 1 aromatic carbocycles. The number of hydrogen-bond acceptors (Lipinski definition) is 9. The molecule has 4 aromatic rings. The Hall–Kier alpha value is -4.49. The summed E-state index contributed by atoms with van der Waals surface area (Å²) in [5.74, 6) is -1.17. The molecule has 0 saturated heterocycles. The number of nitrogens with one attached hydrogen (secondary N) is 2. The average molecular weight is 533 g/mol. The van der Waals surface area contributed by atoms with Crippen molar-refractivity contribution in [2.45, 2.75) is 6.42 Å². The van der Waals surface area contributed by atoms with Gasteiger partial charge in [0.1, 0.15) is 5.75 Å². The van der Waals surface area contributed by atoms with Crippen LogP contribution < -0.4 is 26.3 Å². The maximum absolute atomic E-state index is 12.2. The number of benzene rings is 1. The molecule has 0 atom stereocenters. The SMILES string of the molecule is COc1ccc(Cc2cc(Oc3c(Cl)cc(-n4nc(C(=O)O)c(=O)[nH]c4=O)cc3Cl)n[nH]c2=O)nc1. The molecule has 3 aromatic heterocycles. The van der Waals surface area contributed by atoms with Gasteiger partial charge in [-0.05, 0) is 24.3 Å². The van der Waals surface area contributed by atoms with Crippen molar-refractivity contribution in [2.24, 2.45) is 0 Å². The zero-order chi connectivity index (χ0) is 26.0. The predicted molar refractivity (Wildman–Crippen MR) is 126 cm³/mol. The monoisotopic (exact) mass is 532 g/mol. The van der Waals surface area contributed by atoms with Gasteiger partial charge >= 0.3 is 11.7 Å². The van der Waals surface area contributed by atoms with Crippen molar-refractivity contribution < 1.29 is 19.4 Å². The Balaban J connectivity index is 1.65. The van der Waals surface area contributed by atoms with E-state index in [4.69, 9.17) is 37.8 Å². The molecule has 4 rings (SSSR count). The highest BCUT2D eigenvalue weighted by Gasteiger charge is 2.18. The minimum absolute atomic E-state index is 0.0397. The van der Waals surface area contributed by atoms with Gasteiger partial charge < -0.3 is 14.6 Å². The number of carboxylic acid groups (broad SMARTS) is 1. The number of ether oxygens (including phenoxy) is 2. The van der Waals surface area contributed by atoms with Gasteiger partial charge in [-0.2, -0.15) is 9.78 Å². The highest BCUT2D eigenvalue weighted by molar-refractivity contribution is 6.37. The number of H-pyrrole nitrogens is 2. The van der Waals surface area contributed by atoms with Gasteiger partial charge in [0.05, 0.1) is 29.0 Å². The van der Waals surface area contributed by atoms with Crippen LogP contribution in [0.2, 0.25) is 10.0 Å². The molecule has 0 aliphatic carbocycles. The van der Waals surface area contributed by atoms with E-state index in [1.54, 1.807) is 12.1 Å². The number of aromatic amines is 2. The minimum Gasteiger partial charge on any atom is -0.495 e. The fourth-order valence-corrected chi connectivity index (χ4v) is 3.58. The number of carboxylic acids is 1. The summed E-state index contributed by atoms with van der Waals surface area (Å²) in [6, 6.07) is 7.23. The van der Waals surface area contributed by atoms with Crippen LogP contribution in [0, 0.1) is 0 Å². The molecule has 0 spiro atoms. The lowest BCUT2D eigenvalue weighted by Gasteiger charge is -2.12. The first-order chi connectivity index (χ1) is 17.2. The van der Waals surface area contributed by atoms with Crippen molar-refractivity contribution in [1.29, 1.82) is 0 Å². The number of methoxy groups -OCH3 is 1. The third kappa shape index (κ3) is 5.11. The molecule has 0 saturated carbocycles. The predicted octanol–water partition coefficient (Wildman–Crippen LogP) is 1.80. The van der Waals surface area contributed by atoms with Gasteiger partial charge in [0, 0.05) is 23.7 Å². The highest BCUT2D eigenvalue weighted by Crippen LogP contribution is 2.37. The molecule has 184 valence electrons. The Morgan fingerprint density at radius 1 is 1.11 bits per heavy atom. The van der Waals surface area contributed by atoms with Crippen LogP contribution >= 0.6 is 23.2 Å². The molecule has 3 heterocycles. The van der Waals surface area contributed by atoms with E-state index in [9.17, 15) is 19.2 Å². The zero-order valence-electron chi connectivity index (χ0n) is 18.1. The van der Waals surface area contributed by atoms with Gasteiger partial charge in [-0.25, -0.2) is 14.7 Å². The number of aromatic nitrogens is 6. The number of halogens is 2. The van der Waals surface area contributed by atoms with Crippen LogP contribution in [0.15, 0.2) is 50.9 Å². The third-order valence-corrected chi connectivity index (χ3v) is 5.29. The van der Waals surface area contributed by atoms with Crippen molar-refractivity contribution in [3.05, 3.63) is 94.7 Å². The second-order valence-corrected chi connectivity index (χ2v) is 7.91. The summed E-state index contributed by atoms with van der Waals surface area (Å²) in [6.07, 6.45) is 1.69. The molecule has 0 amide bonds. The van der Waals surface area contributed by atoms with Crippen LogP contribution in [-0.4, -0.2) is 48.1 Å². The summed E-state index contributed by atoms with van der Waals surface area (Å²) in [7, 11) is 1.51. The van der Waals surface area contributed by atoms with Gasteiger partial charge in [0.25, 0.3) is 11.1 Å². The van der Waals surface area contributed by atoms with E-state index in [-0.39, 0.29) is 33.8 Å². The lowest BCUT2D eigenvalue weighted by atomic mass is 10.1. The number of hydrogen-bond donors (Lipinski definition) is 3. The van der Waals surface area contributed by atoms with E-state index in [1.165, 1.54) is 31.5 Å². The molecule has 0 radical (unpaired) electrons. The molecular weight excluding hydrogens is 519 g/mol. The Morgan fingerprint density at radius 3 is 2.44 bits per heavy atom. The average Bonchev–Trinajstić information content (AvgIpc) is 2.83. The Bertz CT molecular complexity index is 1620. The van der Waals surface area contributed by atoms with Crippen LogP contribution in [-0.2, 0) is 6.42 Å². The third-order valence-electron chi connectivity index (χ3n) is 4.73. The number of pyridine rings is 1. The first kappa shape index (κ1) is 24.6. The Morgan fingerprint density at radius 2 is 1.83 bits per heavy atom. The summed E-state index contributed by atoms with van der Waals surface area (Å²) < 4.78 is 11.3. The minimum atomic E-state index is -1.63. The molecule has 0 aliphatic rings. The van der Waals surface area contributed by atoms with Crippen LogP contribution in [0.1, 0.15) is 21.7 Å². The summed E-state index contributed by atoms with van der Waals surface area (Å²) in [6.45, 7) is 0. The quantitative estimate of drug-likeness (QED) is 0.317. The summed E-state index contributed by atoms with van der Waals surface area (Å²) >= 11 is 12.6. The van der Waals surface area contributed by atoms with E-state index in [0.717, 1.165) is 0 Å². The maximum atomic E-state index is 12.2. The second-order valence-electron chi connectivity index (χ2n) is 7.09. The van der Waals surface area contributed by atoms with E-state index >= 15 is 0 Å². The standard InChI is InChI=1S/C21H14Cl2N6O7/c1-35-12-3-2-10(24-8-12)4-9-5-15(26-27-18(9)30)36-17-13(22)6-11(7-14(17)23)29-21(34)25-19(31)16(28-29)20(32)33/h2-3,5-8H,4H2,1H3,(H,27,30)(H,32,33)(H,25,31,34). The largest absolute Gasteiger partial charge is 0.495 e. The molecule has 0 unspecified atom stereocenters. The second kappa shape index (κ2) is 10.0. The first-order valence-corrected chi connectivity index (χ1v) is 10.6. The zero-order valence-corrected chi connectivity index (χ0v) is 19.6. The number of carbonyl (C=O) groups is 1. The van der Waals surface area contributed by atoms with Crippen molar-refractivity contribution in [1.82, 2.24) is 29.9 Å². The van der Waals surface area contributed by atoms with Gasteiger partial charge in [-0.1, -0.05) is 23.2 Å². The molecule has 15 heteroatoms. The number of nitrogens with zero attached hydrogens (tertiary/aromatic N) is 4. The summed E-state index contributed by atoms with van der Waals surface area (Å²) in [5, 5.41) is 18.6. The molecule has 0 bridgehead atoms. The van der Waals surface area contributed by atoms with Crippen molar-refractivity contribution in [2.75, 3.05) is 7.11 Å². The van der Waals surface area contributed by atoms with Crippen molar-refractivity contribution >= 4 is 29.2 Å². The molecule has 13 nitrogen and oxygen atoms in total. The molecule has 3 N–H and O–H groups in total. The van der Waals surface area contributed by atoms with Gasteiger partial charge in [0.15, 0.2) is 5.75 Å². The fourth-order valence-electron chi connectivity index (χ4n) is 3.03. The van der Waals surface area contributed by atoms with Crippen LogP contribution in [0.25, 0.3) is 5.69 Å². The molecule has 0 fully saturated rings. The van der Waals surface area contributed by atoms with Crippen molar-refractivity contribution in [3.63, 3.8) is 0 Å². The van der Waals surface area contributed by atoms with E-state index < -0.39 is 28.5 Å². The van der Waals surface area contributed by atoms with E-state index in [1.807, 2.05) is 4.98 Å². The van der Waals surface area contributed by atoms with Crippen LogP contribution in [0.5, 0.6) is 17.4 Å². The molecule has 36 heavy (non-hydrogen) atoms. The van der Waals surface area contributed by atoms with Gasteiger partial charge in [-0.3, -0.25) is 19.6 Å². The molecular formula is C21H14Cl2N6O7. The highest BCUT2D eigenvalue weighted by atomic mass is 35.5. The topological polar surface area (TPSA) is 182 Å². The fraction of sp³-hybridized carbons (Fsp3) is 0.0952. The lowest BCUT2D eigenvalue weighted by molar-refractivity contribution is 0.0685. The normalized spacial score (nSPS) is 10.8. The number of rotatable bonds is 7. The summed E-state index contributed by atoms with van der Waals surface area (Å²) in [5.41, 5.74) is -2.67. The smallest absolute Gasteiger partial charge is 0.362 e. The van der Waals surface area contributed by atoms with Gasteiger partial charge in [-0.15, -0.1) is 5.10 Å². The first-order valence-electron chi connectivity index (χ1n) is 9.88. The number of aromatic carboxylic acids is 1. The summed E-state index contributed by atoms with van der Waals surface area (Å²) in [4.78, 5) is 53.3. The van der Waals surface area contributed by atoms with Gasteiger partial charge in [0.2, 0.25) is 11.6 Å². The van der Waals surface area contributed by atoms with E-state index in [0.29, 0.717) is 21.7 Å². The van der Waals surface area contributed by atoms with Crippen LogP contribution in [0.4, 0.5) is 0 Å². The van der Waals surface area contributed by atoms with E-state index in [2.05, 4.69) is 20.3 Å². The molecule has 0 aliphatic heterocycles. The van der Waals surface area contributed by atoms with Crippen molar-refractivity contribution in [3.8, 4) is 23.1 Å². The maximum Gasteiger partial charge on any atom is 0.362 e. The Kier molecular flexibility index (Phi) is 6.85. The van der Waals surface area contributed by atoms with Crippen LogP contribution in [0.3, 0.4) is 0 Å². The Labute approximate surface area is 209 Å².